The average Bonchev–Trinajstić information content (AvgIpc) is 2.57. The van der Waals surface area contributed by atoms with Crippen molar-refractivity contribution in [2.75, 3.05) is 25.0 Å². The normalized spacial score (nSPS) is 21.6. The minimum Gasteiger partial charge on any atom is -0.384 e. The van der Waals surface area contributed by atoms with Crippen molar-refractivity contribution >= 4 is 21.6 Å². The molecule has 0 spiro atoms. The number of likely N-dealkylation sites (tertiary alicyclic amines) is 1. The minimum atomic E-state index is 0.749. The molecule has 1 aromatic rings. The summed E-state index contributed by atoms with van der Waals surface area (Å²) in [6.07, 6.45) is 5.53. The Balaban J connectivity index is 1.75. The molecule has 0 aromatic heterocycles. The molecule has 1 saturated heterocycles. The van der Waals surface area contributed by atoms with E-state index in [0.717, 1.165) is 23.6 Å². The highest BCUT2D eigenvalue weighted by molar-refractivity contribution is 9.10. The zero-order valence-corrected chi connectivity index (χ0v) is 12.7. The van der Waals surface area contributed by atoms with Gasteiger partial charge in [0.2, 0.25) is 0 Å². The van der Waals surface area contributed by atoms with E-state index < -0.39 is 0 Å². The predicted octanol–water partition coefficient (Wildman–Crippen LogP) is 4.13. The van der Waals surface area contributed by atoms with E-state index in [-0.39, 0.29) is 0 Å². The molecule has 2 nitrogen and oxygen atoms in total. The van der Waals surface area contributed by atoms with Crippen molar-refractivity contribution in [3.63, 3.8) is 0 Å². The van der Waals surface area contributed by atoms with Gasteiger partial charge in [-0.2, -0.15) is 0 Å². The van der Waals surface area contributed by atoms with Gasteiger partial charge in [-0.05, 0) is 50.6 Å². The van der Waals surface area contributed by atoms with Gasteiger partial charge in [0.15, 0.2) is 0 Å². The number of anilines is 1. The Morgan fingerprint density at radius 1 is 1.22 bits per heavy atom. The van der Waals surface area contributed by atoms with Crippen molar-refractivity contribution < 1.29 is 0 Å². The first-order valence-electron chi connectivity index (χ1n) is 6.99. The van der Waals surface area contributed by atoms with Crippen LogP contribution in [-0.4, -0.2) is 30.6 Å². The van der Waals surface area contributed by atoms with Crippen LogP contribution in [-0.2, 0) is 0 Å². The van der Waals surface area contributed by atoms with Gasteiger partial charge < -0.3 is 5.32 Å². The Bertz CT molecular complexity index is 350. The molecule has 0 aliphatic carbocycles. The van der Waals surface area contributed by atoms with Crippen LogP contribution >= 0.6 is 15.9 Å². The number of hydrogen-bond acceptors (Lipinski definition) is 2. The maximum Gasteiger partial charge on any atom is 0.0341 e. The molecular formula is C15H23BrN2. The Morgan fingerprint density at radius 3 is 2.78 bits per heavy atom. The highest BCUT2D eigenvalue weighted by atomic mass is 79.9. The standard InChI is InChI=1S/C15H23BrN2/c1-13-5-3-2-4-11-18(13)12-10-17-15-8-6-14(16)7-9-15/h6-9,13,17H,2-5,10-12H2,1H3. The number of nitrogens with one attached hydrogen (secondary N) is 1. The second kappa shape index (κ2) is 7.15. The van der Waals surface area contributed by atoms with Gasteiger partial charge in [-0.1, -0.05) is 28.8 Å². The van der Waals surface area contributed by atoms with Crippen LogP contribution in [0.5, 0.6) is 0 Å². The SMILES string of the molecule is CC1CCCCCN1CCNc1ccc(Br)cc1. The van der Waals surface area contributed by atoms with Gasteiger partial charge in [-0.25, -0.2) is 0 Å². The van der Waals surface area contributed by atoms with Gasteiger partial charge in [-0.3, -0.25) is 4.90 Å². The molecule has 100 valence electrons. The lowest BCUT2D eigenvalue weighted by atomic mass is 10.1. The van der Waals surface area contributed by atoms with Crippen LogP contribution in [0.1, 0.15) is 32.6 Å². The van der Waals surface area contributed by atoms with E-state index >= 15 is 0 Å². The van der Waals surface area contributed by atoms with Crippen LogP contribution in [0.25, 0.3) is 0 Å². The van der Waals surface area contributed by atoms with Gasteiger partial charge >= 0.3 is 0 Å². The molecule has 1 aliphatic rings. The maximum atomic E-state index is 3.50. The van der Waals surface area contributed by atoms with Crippen LogP contribution in [0, 0.1) is 0 Å². The van der Waals surface area contributed by atoms with E-state index in [1.54, 1.807) is 0 Å². The number of rotatable bonds is 4. The van der Waals surface area contributed by atoms with E-state index in [1.807, 2.05) is 0 Å². The zero-order valence-electron chi connectivity index (χ0n) is 11.2. The van der Waals surface area contributed by atoms with Crippen molar-refractivity contribution in [1.29, 1.82) is 0 Å². The van der Waals surface area contributed by atoms with E-state index in [9.17, 15) is 0 Å². The molecule has 0 radical (unpaired) electrons. The summed E-state index contributed by atoms with van der Waals surface area (Å²) in [5.74, 6) is 0. The Labute approximate surface area is 119 Å². The number of benzene rings is 1. The average molecular weight is 311 g/mol. The second-order valence-corrected chi connectivity index (χ2v) is 6.08. The summed E-state index contributed by atoms with van der Waals surface area (Å²) in [6, 6.07) is 9.15. The topological polar surface area (TPSA) is 15.3 Å². The monoisotopic (exact) mass is 310 g/mol. The lowest BCUT2D eigenvalue weighted by molar-refractivity contribution is 0.222. The third-order valence-electron chi connectivity index (χ3n) is 3.76. The van der Waals surface area contributed by atoms with Crippen molar-refractivity contribution in [2.45, 2.75) is 38.6 Å². The largest absolute Gasteiger partial charge is 0.384 e. The van der Waals surface area contributed by atoms with Crippen LogP contribution < -0.4 is 5.32 Å². The lowest BCUT2D eigenvalue weighted by Gasteiger charge is -2.27. The molecule has 1 atom stereocenters. The van der Waals surface area contributed by atoms with Crippen LogP contribution in [0.4, 0.5) is 5.69 Å². The van der Waals surface area contributed by atoms with E-state index in [0.29, 0.717) is 0 Å². The summed E-state index contributed by atoms with van der Waals surface area (Å²) in [5.41, 5.74) is 1.21. The molecule has 3 heteroatoms. The summed E-state index contributed by atoms with van der Waals surface area (Å²) in [6.45, 7) is 5.82. The molecule has 1 fully saturated rings. The highest BCUT2D eigenvalue weighted by Crippen LogP contribution is 2.16. The molecule has 0 saturated carbocycles. The number of nitrogens with zero attached hydrogens (tertiary/aromatic N) is 1. The molecule has 0 amide bonds. The lowest BCUT2D eigenvalue weighted by Crippen LogP contribution is -2.36. The second-order valence-electron chi connectivity index (χ2n) is 5.17. The maximum absolute atomic E-state index is 3.50. The fourth-order valence-corrected chi connectivity index (χ4v) is 2.84. The Kier molecular flexibility index (Phi) is 5.51. The fourth-order valence-electron chi connectivity index (χ4n) is 2.58. The first-order valence-corrected chi connectivity index (χ1v) is 7.78. The summed E-state index contributed by atoms with van der Waals surface area (Å²) < 4.78 is 1.13. The van der Waals surface area contributed by atoms with Gasteiger partial charge in [0.05, 0.1) is 0 Å². The summed E-state index contributed by atoms with van der Waals surface area (Å²) >= 11 is 3.46. The molecule has 18 heavy (non-hydrogen) atoms. The summed E-state index contributed by atoms with van der Waals surface area (Å²) in [4.78, 5) is 2.62. The van der Waals surface area contributed by atoms with Crippen LogP contribution in [0.3, 0.4) is 0 Å². The van der Waals surface area contributed by atoms with Crippen molar-refractivity contribution in [3.8, 4) is 0 Å². The van der Waals surface area contributed by atoms with Gasteiger partial charge in [-0.15, -0.1) is 0 Å². The van der Waals surface area contributed by atoms with Gasteiger partial charge in [0.1, 0.15) is 0 Å². The van der Waals surface area contributed by atoms with Crippen molar-refractivity contribution in [1.82, 2.24) is 4.90 Å². The third-order valence-corrected chi connectivity index (χ3v) is 4.29. The van der Waals surface area contributed by atoms with E-state index in [2.05, 4.69) is 57.3 Å². The molecule has 1 unspecified atom stereocenters. The zero-order chi connectivity index (χ0) is 12.8. The smallest absolute Gasteiger partial charge is 0.0341 e. The molecule has 1 aromatic carbocycles. The Hall–Kier alpha value is -0.540. The minimum absolute atomic E-state index is 0.749. The molecule has 0 bridgehead atoms. The van der Waals surface area contributed by atoms with E-state index in [4.69, 9.17) is 0 Å². The quantitative estimate of drug-likeness (QED) is 0.899. The first kappa shape index (κ1) is 13.9. The van der Waals surface area contributed by atoms with Crippen molar-refractivity contribution in [3.05, 3.63) is 28.7 Å². The van der Waals surface area contributed by atoms with E-state index in [1.165, 1.54) is 37.9 Å². The Morgan fingerprint density at radius 2 is 2.00 bits per heavy atom. The highest BCUT2D eigenvalue weighted by Gasteiger charge is 2.15. The van der Waals surface area contributed by atoms with Crippen molar-refractivity contribution in [2.24, 2.45) is 0 Å². The van der Waals surface area contributed by atoms with Gasteiger partial charge in [0.25, 0.3) is 0 Å². The molecule has 1 N–H and O–H groups in total. The fraction of sp³-hybridized carbons (Fsp3) is 0.600. The van der Waals surface area contributed by atoms with Crippen LogP contribution in [0.2, 0.25) is 0 Å². The molecular weight excluding hydrogens is 288 g/mol. The third kappa shape index (κ3) is 4.29. The first-order chi connectivity index (χ1) is 8.75. The predicted molar refractivity (Wildman–Crippen MR) is 82.1 cm³/mol. The van der Waals surface area contributed by atoms with Gasteiger partial charge in [0, 0.05) is 29.3 Å². The molecule has 1 aliphatic heterocycles. The molecule has 1 heterocycles. The van der Waals surface area contributed by atoms with Crippen LogP contribution in [0.15, 0.2) is 28.7 Å². The summed E-state index contributed by atoms with van der Waals surface area (Å²) in [7, 11) is 0. The summed E-state index contributed by atoms with van der Waals surface area (Å²) in [5, 5.41) is 3.50. The molecule has 2 rings (SSSR count). The number of hydrogen-bond donors (Lipinski definition) is 1. The number of halogens is 1.